The predicted octanol–water partition coefficient (Wildman–Crippen LogP) is 2.83. The zero-order valence-corrected chi connectivity index (χ0v) is 7.09. The van der Waals surface area contributed by atoms with Gasteiger partial charge in [-0.15, -0.1) is 0 Å². The Bertz CT molecular complexity index is 226. The van der Waals surface area contributed by atoms with Crippen molar-refractivity contribution in [3.63, 3.8) is 0 Å². The maximum Gasteiger partial charge on any atom is 0.0985 e. The van der Waals surface area contributed by atoms with Crippen molar-refractivity contribution in [1.82, 2.24) is 0 Å². The van der Waals surface area contributed by atoms with Crippen LogP contribution in [0.3, 0.4) is 0 Å². The number of hydrogen-bond donors (Lipinski definition) is 0. The van der Waals surface area contributed by atoms with E-state index in [9.17, 15) is 0 Å². The Kier molecular flexibility index (Phi) is 3.98. The summed E-state index contributed by atoms with van der Waals surface area (Å²) in [6, 6.07) is 1.97. The SMILES string of the molecule is C=C/C(=C\C(=C)C#N)C(C)C. The van der Waals surface area contributed by atoms with Gasteiger partial charge in [-0.1, -0.05) is 33.1 Å². The molecule has 1 heteroatoms. The number of rotatable bonds is 3. The van der Waals surface area contributed by atoms with Gasteiger partial charge in [-0.2, -0.15) is 5.26 Å². The summed E-state index contributed by atoms with van der Waals surface area (Å²) < 4.78 is 0. The molecule has 0 fully saturated rings. The van der Waals surface area contributed by atoms with Crippen LogP contribution in [0, 0.1) is 17.2 Å². The molecule has 11 heavy (non-hydrogen) atoms. The molecule has 0 heterocycles. The summed E-state index contributed by atoms with van der Waals surface area (Å²) >= 11 is 0. The average molecular weight is 147 g/mol. The first-order valence-electron chi connectivity index (χ1n) is 3.54. The van der Waals surface area contributed by atoms with Gasteiger partial charge in [-0.3, -0.25) is 0 Å². The van der Waals surface area contributed by atoms with Gasteiger partial charge in [0.15, 0.2) is 0 Å². The molecule has 0 aromatic heterocycles. The fourth-order valence-electron chi connectivity index (χ4n) is 0.695. The topological polar surface area (TPSA) is 23.8 Å². The number of allylic oxidation sites excluding steroid dienone is 4. The standard InChI is InChI=1S/C10H13N/c1-5-10(8(2)3)6-9(4)7-11/h5-6,8H,1,4H2,2-3H3/b10-6+. The third-order valence-electron chi connectivity index (χ3n) is 1.39. The van der Waals surface area contributed by atoms with E-state index in [-0.39, 0.29) is 0 Å². The second kappa shape index (κ2) is 4.51. The van der Waals surface area contributed by atoms with E-state index >= 15 is 0 Å². The molecule has 0 aromatic rings. The van der Waals surface area contributed by atoms with Crippen molar-refractivity contribution in [2.24, 2.45) is 5.92 Å². The Morgan fingerprint density at radius 1 is 1.55 bits per heavy atom. The molecule has 1 nitrogen and oxygen atoms in total. The molecule has 0 atom stereocenters. The lowest BCUT2D eigenvalue weighted by atomic mass is 10.0. The lowest BCUT2D eigenvalue weighted by Gasteiger charge is -2.03. The van der Waals surface area contributed by atoms with E-state index in [0.717, 1.165) is 5.57 Å². The minimum atomic E-state index is 0.401. The summed E-state index contributed by atoms with van der Waals surface area (Å²) in [6.45, 7) is 11.3. The highest BCUT2D eigenvalue weighted by Gasteiger charge is 1.97. The van der Waals surface area contributed by atoms with Crippen LogP contribution in [-0.4, -0.2) is 0 Å². The lowest BCUT2D eigenvalue weighted by molar-refractivity contribution is 0.792. The first kappa shape index (κ1) is 9.71. The normalized spacial score (nSPS) is 10.9. The molecule has 0 saturated heterocycles. The van der Waals surface area contributed by atoms with Crippen molar-refractivity contribution in [3.8, 4) is 6.07 Å². The van der Waals surface area contributed by atoms with Crippen LogP contribution in [0.15, 0.2) is 36.5 Å². The first-order chi connectivity index (χ1) is 5.11. The molecule has 0 aliphatic carbocycles. The van der Waals surface area contributed by atoms with Gasteiger partial charge in [-0.25, -0.2) is 0 Å². The summed E-state index contributed by atoms with van der Waals surface area (Å²) in [4.78, 5) is 0. The summed E-state index contributed by atoms with van der Waals surface area (Å²) in [5.41, 5.74) is 1.53. The Balaban J connectivity index is 4.51. The van der Waals surface area contributed by atoms with Crippen LogP contribution >= 0.6 is 0 Å². The second-order valence-electron chi connectivity index (χ2n) is 2.64. The fourth-order valence-corrected chi connectivity index (χ4v) is 0.695. The Morgan fingerprint density at radius 3 is 2.36 bits per heavy atom. The molecule has 58 valence electrons. The molecular weight excluding hydrogens is 134 g/mol. The third kappa shape index (κ3) is 3.42. The smallest absolute Gasteiger partial charge is 0.0985 e. The number of nitriles is 1. The van der Waals surface area contributed by atoms with Crippen LogP contribution in [0.2, 0.25) is 0 Å². The van der Waals surface area contributed by atoms with E-state index in [4.69, 9.17) is 5.26 Å². The second-order valence-corrected chi connectivity index (χ2v) is 2.64. The first-order valence-corrected chi connectivity index (χ1v) is 3.54. The highest BCUT2D eigenvalue weighted by atomic mass is 14.2. The van der Waals surface area contributed by atoms with E-state index < -0.39 is 0 Å². The van der Waals surface area contributed by atoms with Gasteiger partial charge in [-0.05, 0) is 17.6 Å². The fraction of sp³-hybridized carbons (Fsp3) is 0.300. The maximum atomic E-state index is 8.43. The van der Waals surface area contributed by atoms with Crippen LogP contribution in [0.5, 0.6) is 0 Å². The highest BCUT2D eigenvalue weighted by Crippen LogP contribution is 2.11. The van der Waals surface area contributed by atoms with Gasteiger partial charge in [0.1, 0.15) is 0 Å². The summed E-state index contributed by atoms with van der Waals surface area (Å²) in [5.74, 6) is 0.401. The molecule has 0 aliphatic heterocycles. The number of nitrogens with zero attached hydrogens (tertiary/aromatic N) is 1. The molecule has 0 bridgehead atoms. The third-order valence-corrected chi connectivity index (χ3v) is 1.39. The summed E-state index contributed by atoms with van der Waals surface area (Å²) in [6.07, 6.45) is 3.52. The van der Waals surface area contributed by atoms with E-state index in [2.05, 4.69) is 27.0 Å². The van der Waals surface area contributed by atoms with Gasteiger partial charge < -0.3 is 0 Å². The molecule has 0 spiro atoms. The van der Waals surface area contributed by atoms with Gasteiger partial charge in [0.2, 0.25) is 0 Å². The minimum Gasteiger partial charge on any atom is -0.192 e. The predicted molar refractivity (Wildman–Crippen MR) is 47.9 cm³/mol. The maximum absolute atomic E-state index is 8.43. The zero-order valence-electron chi connectivity index (χ0n) is 7.09. The van der Waals surface area contributed by atoms with Crippen molar-refractivity contribution < 1.29 is 0 Å². The van der Waals surface area contributed by atoms with Crippen LogP contribution in [0.4, 0.5) is 0 Å². The van der Waals surface area contributed by atoms with Crippen molar-refractivity contribution in [2.45, 2.75) is 13.8 Å². The highest BCUT2D eigenvalue weighted by molar-refractivity contribution is 5.36. The molecule has 0 unspecified atom stereocenters. The molecule has 0 radical (unpaired) electrons. The van der Waals surface area contributed by atoms with E-state index in [1.54, 1.807) is 12.2 Å². The van der Waals surface area contributed by atoms with E-state index in [0.29, 0.717) is 11.5 Å². The quantitative estimate of drug-likeness (QED) is 0.445. The van der Waals surface area contributed by atoms with Crippen LogP contribution < -0.4 is 0 Å². The van der Waals surface area contributed by atoms with Crippen molar-refractivity contribution in [1.29, 1.82) is 5.26 Å². The van der Waals surface area contributed by atoms with Gasteiger partial charge in [0, 0.05) is 5.57 Å². The zero-order chi connectivity index (χ0) is 8.85. The summed E-state index contributed by atoms with van der Waals surface area (Å²) in [7, 11) is 0. The van der Waals surface area contributed by atoms with Gasteiger partial charge in [0.25, 0.3) is 0 Å². The van der Waals surface area contributed by atoms with Crippen LogP contribution in [0.25, 0.3) is 0 Å². The molecule has 0 saturated carbocycles. The molecule has 0 rings (SSSR count). The van der Waals surface area contributed by atoms with Crippen molar-refractivity contribution in [3.05, 3.63) is 36.5 Å². The summed E-state index contributed by atoms with van der Waals surface area (Å²) in [5, 5.41) is 8.43. The van der Waals surface area contributed by atoms with Gasteiger partial charge in [0.05, 0.1) is 6.07 Å². The molecule has 0 N–H and O–H groups in total. The van der Waals surface area contributed by atoms with Crippen LogP contribution in [-0.2, 0) is 0 Å². The Hall–Kier alpha value is -1.29. The molecular formula is C10H13N. The monoisotopic (exact) mass is 147 g/mol. The molecule has 0 aromatic carbocycles. The largest absolute Gasteiger partial charge is 0.192 e. The van der Waals surface area contributed by atoms with E-state index in [1.807, 2.05) is 6.07 Å². The Morgan fingerprint density at radius 2 is 2.09 bits per heavy atom. The van der Waals surface area contributed by atoms with Crippen molar-refractivity contribution in [2.75, 3.05) is 0 Å². The Labute approximate surface area is 68.3 Å². The van der Waals surface area contributed by atoms with Gasteiger partial charge >= 0.3 is 0 Å². The lowest BCUT2D eigenvalue weighted by Crippen LogP contribution is -1.89. The number of hydrogen-bond acceptors (Lipinski definition) is 1. The van der Waals surface area contributed by atoms with Crippen LogP contribution in [0.1, 0.15) is 13.8 Å². The van der Waals surface area contributed by atoms with E-state index in [1.165, 1.54) is 0 Å². The van der Waals surface area contributed by atoms with Crippen molar-refractivity contribution >= 4 is 0 Å². The average Bonchev–Trinajstić information content (AvgIpc) is 1.99. The minimum absolute atomic E-state index is 0.401. The molecule has 0 amide bonds. The molecule has 0 aliphatic rings.